The van der Waals surface area contributed by atoms with Crippen molar-refractivity contribution in [3.05, 3.63) is 58.7 Å². The van der Waals surface area contributed by atoms with Crippen LogP contribution in [0.25, 0.3) is 0 Å². The molecule has 2 rings (SSSR count). The van der Waals surface area contributed by atoms with Gasteiger partial charge in [0.15, 0.2) is 0 Å². The summed E-state index contributed by atoms with van der Waals surface area (Å²) in [5.74, 6) is 0.0391. The van der Waals surface area contributed by atoms with Gasteiger partial charge in [-0.3, -0.25) is 0 Å². The number of rotatable bonds is 17. The molecule has 194 valence electrons. The molecule has 0 aromatic heterocycles. The number of unbranched alkanes of at least 4 members (excludes halogenated alkanes) is 4. The first-order chi connectivity index (χ1) is 16.9. The van der Waals surface area contributed by atoms with Crippen molar-refractivity contribution in [3.8, 4) is 5.75 Å². The quantitative estimate of drug-likeness (QED) is 0.187. The number of aliphatic hydroxyl groups excluding tert-OH is 2. The van der Waals surface area contributed by atoms with E-state index in [1.54, 1.807) is 12.1 Å². The van der Waals surface area contributed by atoms with Gasteiger partial charge in [0.25, 0.3) is 0 Å². The minimum absolute atomic E-state index is 0.0391. The van der Waals surface area contributed by atoms with Gasteiger partial charge in [-0.05, 0) is 86.5 Å². The second kappa shape index (κ2) is 16.1. The molecule has 0 radical (unpaired) electrons. The maximum Gasteiger partial charge on any atom is 0.316 e. The van der Waals surface area contributed by atoms with Crippen molar-refractivity contribution in [2.45, 2.75) is 64.6 Å². The first-order valence-electron chi connectivity index (χ1n) is 12.4. The molecule has 0 heterocycles. The molecule has 8 heteroatoms. The second-order valence-electron chi connectivity index (χ2n) is 8.95. The highest BCUT2D eigenvalue weighted by atomic mass is 16.5. The molecule has 0 saturated heterocycles. The fourth-order valence-corrected chi connectivity index (χ4v) is 3.96. The largest absolute Gasteiger partial charge is 0.508 e. The van der Waals surface area contributed by atoms with Crippen LogP contribution >= 0.6 is 0 Å². The van der Waals surface area contributed by atoms with Crippen molar-refractivity contribution >= 4 is 11.7 Å². The molecule has 8 nitrogen and oxygen atoms in total. The number of hydrogen-bond acceptors (Lipinski definition) is 6. The predicted octanol–water partition coefficient (Wildman–Crippen LogP) is 3.91. The van der Waals surface area contributed by atoms with Gasteiger partial charge < -0.3 is 36.4 Å². The Bertz CT molecular complexity index is 906. The van der Waals surface area contributed by atoms with Crippen molar-refractivity contribution in [1.29, 1.82) is 0 Å². The van der Waals surface area contributed by atoms with Crippen LogP contribution in [0.1, 0.15) is 66.9 Å². The molecule has 1 unspecified atom stereocenters. The lowest BCUT2D eigenvalue weighted by Crippen LogP contribution is -2.22. The van der Waals surface area contributed by atoms with E-state index in [0.29, 0.717) is 17.7 Å². The molecule has 0 bridgehead atoms. The third-order valence-electron chi connectivity index (χ3n) is 5.80. The van der Waals surface area contributed by atoms with E-state index < -0.39 is 12.1 Å². The summed E-state index contributed by atoms with van der Waals surface area (Å²) in [6.45, 7) is 4.55. The van der Waals surface area contributed by atoms with Crippen molar-refractivity contribution in [2.75, 3.05) is 31.6 Å². The van der Waals surface area contributed by atoms with Gasteiger partial charge in [-0.15, -0.1) is 0 Å². The molecule has 0 saturated carbocycles. The number of nitrogens with two attached hydrogens (primary N) is 1. The Kier molecular flexibility index (Phi) is 13.2. The minimum Gasteiger partial charge on any atom is -0.508 e. The summed E-state index contributed by atoms with van der Waals surface area (Å²) in [5, 5.41) is 35.0. The van der Waals surface area contributed by atoms with Crippen LogP contribution in [0.15, 0.2) is 36.4 Å². The number of aromatic hydroxyl groups is 1. The molecule has 0 spiro atoms. The fourth-order valence-electron chi connectivity index (χ4n) is 3.96. The summed E-state index contributed by atoms with van der Waals surface area (Å²) in [6.07, 6.45) is 6.59. The summed E-state index contributed by atoms with van der Waals surface area (Å²) in [5.41, 5.74) is 9.32. The summed E-state index contributed by atoms with van der Waals surface area (Å²) in [4.78, 5) is 11.0. The molecule has 0 fully saturated rings. The maximum atomic E-state index is 11.0. The minimum atomic E-state index is -0.672. The predicted molar refractivity (Wildman–Crippen MR) is 138 cm³/mol. The number of nitrogens with one attached hydrogen (secondary N) is 2. The first kappa shape index (κ1) is 28.6. The monoisotopic (exact) mass is 487 g/mol. The van der Waals surface area contributed by atoms with Gasteiger partial charge in [-0.2, -0.15) is 0 Å². The van der Waals surface area contributed by atoms with Gasteiger partial charge >= 0.3 is 6.03 Å². The van der Waals surface area contributed by atoms with E-state index in [0.717, 1.165) is 76.0 Å². The van der Waals surface area contributed by atoms with Gasteiger partial charge in [0, 0.05) is 31.0 Å². The fraction of sp³-hybridized carbons (Fsp3) is 0.519. The molecule has 2 aromatic carbocycles. The normalized spacial score (nSPS) is 12.0. The third-order valence-corrected chi connectivity index (χ3v) is 5.80. The van der Waals surface area contributed by atoms with Crippen LogP contribution in [-0.2, 0) is 17.8 Å². The van der Waals surface area contributed by atoms with Crippen molar-refractivity contribution in [1.82, 2.24) is 5.32 Å². The number of ether oxygens (including phenoxy) is 1. The molecule has 7 N–H and O–H groups in total. The topological polar surface area (TPSA) is 137 Å². The molecule has 2 aromatic rings. The third kappa shape index (κ3) is 11.6. The lowest BCUT2D eigenvalue weighted by molar-refractivity contribution is 0.126. The standard InChI is InChI=1S/C27H41N3O5/c1-20-14-21(16-24(15-20)30-27(28)34)8-4-7-13-35-12-6-3-2-5-11-29-18-26(33)22-9-10-25(32)23(17-22)19-31/h9-10,14-17,26,29,31-33H,2-8,11-13,18-19H2,1H3,(H3,28,30,34). The molecular formula is C27H41N3O5. The van der Waals surface area contributed by atoms with Gasteiger partial charge in [-0.25, -0.2) is 4.79 Å². The van der Waals surface area contributed by atoms with E-state index in [-0.39, 0.29) is 12.4 Å². The first-order valence-corrected chi connectivity index (χ1v) is 12.4. The molecular weight excluding hydrogens is 446 g/mol. The van der Waals surface area contributed by atoms with Crippen LogP contribution in [0, 0.1) is 6.92 Å². The molecule has 0 aliphatic carbocycles. The lowest BCUT2D eigenvalue weighted by atomic mass is 10.0. The molecule has 35 heavy (non-hydrogen) atoms. The number of carbonyl (C=O) groups is 1. The van der Waals surface area contributed by atoms with Crippen molar-refractivity contribution in [3.63, 3.8) is 0 Å². The Hall–Kier alpha value is -2.65. The zero-order chi connectivity index (χ0) is 25.5. The highest BCUT2D eigenvalue weighted by Crippen LogP contribution is 2.22. The van der Waals surface area contributed by atoms with Gasteiger partial charge in [-0.1, -0.05) is 25.0 Å². The van der Waals surface area contributed by atoms with Crippen molar-refractivity contribution < 1.29 is 24.9 Å². The maximum absolute atomic E-state index is 11.0. The van der Waals surface area contributed by atoms with Gasteiger partial charge in [0.05, 0.1) is 12.7 Å². The highest BCUT2D eigenvalue weighted by Gasteiger charge is 2.10. The van der Waals surface area contributed by atoms with Crippen LogP contribution < -0.4 is 16.4 Å². The van der Waals surface area contributed by atoms with E-state index in [1.807, 2.05) is 19.1 Å². The van der Waals surface area contributed by atoms with Crippen LogP contribution in [0.2, 0.25) is 0 Å². The van der Waals surface area contributed by atoms with Gasteiger partial charge in [0.1, 0.15) is 5.75 Å². The SMILES string of the molecule is Cc1cc(CCCCOCCCCCCNCC(O)c2ccc(O)c(CO)c2)cc(NC(N)=O)c1. The van der Waals surface area contributed by atoms with Crippen LogP contribution in [-0.4, -0.2) is 47.7 Å². The average Bonchev–Trinajstić information content (AvgIpc) is 2.81. The Morgan fingerprint density at radius 2 is 1.77 bits per heavy atom. The molecule has 1 atom stereocenters. The van der Waals surface area contributed by atoms with E-state index in [1.165, 1.54) is 11.6 Å². The Morgan fingerprint density at radius 1 is 1.03 bits per heavy atom. The Balaban J connectivity index is 1.44. The number of urea groups is 1. The number of hydrogen-bond donors (Lipinski definition) is 6. The van der Waals surface area contributed by atoms with Crippen LogP contribution in [0.4, 0.5) is 10.5 Å². The lowest BCUT2D eigenvalue weighted by Gasteiger charge is -2.14. The Morgan fingerprint density at radius 3 is 2.51 bits per heavy atom. The molecule has 2 amide bonds. The number of aliphatic hydroxyl groups is 2. The van der Waals surface area contributed by atoms with E-state index >= 15 is 0 Å². The summed E-state index contributed by atoms with van der Waals surface area (Å²) < 4.78 is 5.75. The number of primary amides is 1. The van der Waals surface area contributed by atoms with Gasteiger partial charge in [0.2, 0.25) is 0 Å². The highest BCUT2D eigenvalue weighted by molar-refractivity contribution is 5.87. The average molecular weight is 488 g/mol. The summed E-state index contributed by atoms with van der Waals surface area (Å²) >= 11 is 0. The van der Waals surface area contributed by atoms with E-state index in [4.69, 9.17) is 10.5 Å². The number of carbonyl (C=O) groups excluding carboxylic acids is 1. The van der Waals surface area contributed by atoms with Crippen LogP contribution in [0.5, 0.6) is 5.75 Å². The van der Waals surface area contributed by atoms with E-state index in [2.05, 4.69) is 16.7 Å². The number of benzene rings is 2. The Labute approximate surface area is 208 Å². The zero-order valence-corrected chi connectivity index (χ0v) is 20.8. The summed E-state index contributed by atoms with van der Waals surface area (Å²) in [6, 6.07) is 10.2. The smallest absolute Gasteiger partial charge is 0.316 e. The number of aryl methyl sites for hydroxylation is 2. The molecule has 0 aliphatic rings. The second-order valence-corrected chi connectivity index (χ2v) is 8.95. The van der Waals surface area contributed by atoms with E-state index in [9.17, 15) is 20.1 Å². The van der Waals surface area contributed by atoms with Crippen LogP contribution in [0.3, 0.4) is 0 Å². The van der Waals surface area contributed by atoms with Crippen molar-refractivity contribution in [2.24, 2.45) is 5.73 Å². The number of phenols is 1. The zero-order valence-electron chi connectivity index (χ0n) is 20.8. The summed E-state index contributed by atoms with van der Waals surface area (Å²) in [7, 11) is 0. The number of anilines is 1. The molecule has 0 aliphatic heterocycles. The number of amides is 2.